The number of fused-ring (bicyclic) bond motifs is 6. The van der Waals surface area contributed by atoms with Gasteiger partial charge in [-0.05, 0) is 144 Å². The van der Waals surface area contributed by atoms with Crippen molar-refractivity contribution in [3.05, 3.63) is 218 Å². The van der Waals surface area contributed by atoms with Gasteiger partial charge in [-0.25, -0.2) is 0 Å². The summed E-state index contributed by atoms with van der Waals surface area (Å²) in [5, 5.41) is 19.4. The van der Waals surface area contributed by atoms with Gasteiger partial charge >= 0.3 is 0 Å². The summed E-state index contributed by atoms with van der Waals surface area (Å²) in [6.07, 6.45) is 0. The highest BCUT2D eigenvalue weighted by atomic mass is 16.3. The zero-order chi connectivity index (χ0) is 45.3. The minimum atomic E-state index is 0.906. The molecule has 4 nitrogen and oxygen atoms in total. The highest BCUT2D eigenvalue weighted by molar-refractivity contribution is 6.39. The number of rotatable bonds is 4. The summed E-state index contributed by atoms with van der Waals surface area (Å²) >= 11 is 0. The van der Waals surface area contributed by atoms with E-state index in [-0.39, 0.29) is 0 Å². The molecule has 4 aromatic heterocycles. The number of nitrogens with zero attached hydrogens (tertiary/aromatic N) is 2. The van der Waals surface area contributed by atoms with Crippen LogP contribution in [0.5, 0.6) is 0 Å². The van der Waals surface area contributed by atoms with Gasteiger partial charge in [0.25, 0.3) is 0 Å². The van der Waals surface area contributed by atoms with Gasteiger partial charge in [0, 0.05) is 54.5 Å². The molecule has 322 valence electrons. The molecule has 0 amide bonds. The summed E-state index contributed by atoms with van der Waals surface area (Å²) in [5.74, 6) is 0. The van der Waals surface area contributed by atoms with Crippen LogP contribution in [0.2, 0.25) is 0 Å². The Balaban J connectivity index is 0.957. The van der Waals surface area contributed by atoms with E-state index in [1.807, 2.05) is 0 Å². The summed E-state index contributed by atoms with van der Waals surface area (Å²) in [5.41, 5.74) is 15.1. The Hall–Kier alpha value is -9.38. The van der Waals surface area contributed by atoms with Crippen LogP contribution in [-0.4, -0.2) is 9.13 Å². The van der Waals surface area contributed by atoms with Crippen molar-refractivity contribution in [2.45, 2.75) is 0 Å². The molecule has 17 aromatic rings. The van der Waals surface area contributed by atoms with Crippen molar-refractivity contribution in [1.29, 1.82) is 0 Å². The standard InChI is InChI=1S/C66H36N2O2/c1-2-13-37(14-3-1)39-33-40(36-42(35-39)68-52-26-10-22-48-44-18-5-7-20-46(44)50-24-12-28-56-62(50)66-58(70-56)32-30-54(68)64(66)60(48)52)38-15-8-16-41(34-38)67-51-25-9-21-47-43-17-4-6-19-45(43)49-23-11-27-55-61(49)65-57(69-55)31-29-53(67)63(65)59(47)51/h1-36H. The minimum Gasteiger partial charge on any atom is -0.456 e. The second-order valence-corrected chi connectivity index (χ2v) is 19.1. The van der Waals surface area contributed by atoms with Gasteiger partial charge in [-0.15, -0.1) is 0 Å². The molecule has 0 aliphatic carbocycles. The number of aromatic nitrogens is 2. The molecule has 4 heteroatoms. The molecule has 17 rings (SSSR count). The Morgan fingerprint density at radius 2 is 0.600 bits per heavy atom. The van der Waals surface area contributed by atoms with Crippen LogP contribution >= 0.6 is 0 Å². The third kappa shape index (κ3) is 4.65. The van der Waals surface area contributed by atoms with Crippen molar-refractivity contribution >= 4 is 131 Å². The van der Waals surface area contributed by atoms with Crippen molar-refractivity contribution in [2.75, 3.05) is 0 Å². The van der Waals surface area contributed by atoms with E-state index in [4.69, 9.17) is 8.83 Å². The summed E-state index contributed by atoms with van der Waals surface area (Å²) in [6, 6.07) is 80.2. The molecule has 0 spiro atoms. The van der Waals surface area contributed by atoms with E-state index >= 15 is 0 Å². The predicted octanol–water partition coefficient (Wildman–Crippen LogP) is 18.5. The van der Waals surface area contributed by atoms with Gasteiger partial charge in [-0.3, -0.25) is 0 Å². The van der Waals surface area contributed by atoms with Gasteiger partial charge < -0.3 is 18.0 Å². The largest absolute Gasteiger partial charge is 0.456 e. The summed E-state index contributed by atoms with van der Waals surface area (Å²) < 4.78 is 18.3. The third-order valence-corrected chi connectivity index (χ3v) is 15.6. The van der Waals surface area contributed by atoms with Crippen molar-refractivity contribution in [2.24, 2.45) is 0 Å². The Kier molecular flexibility index (Phi) is 6.92. The molecule has 0 bridgehead atoms. The third-order valence-electron chi connectivity index (χ3n) is 15.6. The second-order valence-electron chi connectivity index (χ2n) is 19.1. The minimum absolute atomic E-state index is 0.906. The Labute approximate surface area is 398 Å². The molecule has 0 radical (unpaired) electrons. The van der Waals surface area contributed by atoms with Gasteiger partial charge in [-0.2, -0.15) is 0 Å². The molecule has 13 aromatic carbocycles. The molecule has 0 saturated carbocycles. The Morgan fingerprint density at radius 1 is 0.214 bits per heavy atom. The molecule has 70 heavy (non-hydrogen) atoms. The molecule has 0 aliphatic heterocycles. The van der Waals surface area contributed by atoms with Gasteiger partial charge in [0.1, 0.15) is 22.3 Å². The molecule has 0 N–H and O–H groups in total. The summed E-state index contributed by atoms with van der Waals surface area (Å²) in [7, 11) is 0. The lowest BCUT2D eigenvalue weighted by atomic mass is 9.95. The maximum atomic E-state index is 6.71. The smallest absolute Gasteiger partial charge is 0.136 e. The molecule has 0 aliphatic rings. The van der Waals surface area contributed by atoms with Crippen molar-refractivity contribution in [3.8, 4) is 33.6 Å². The maximum Gasteiger partial charge on any atom is 0.136 e. The Bertz CT molecular complexity index is 5060. The number of furan rings is 2. The average Bonchev–Trinajstić information content (AvgIpc) is 4.18. The fourth-order valence-electron chi connectivity index (χ4n) is 12.8. The van der Waals surface area contributed by atoms with E-state index in [1.54, 1.807) is 0 Å². The number of benzene rings is 11. The molecule has 0 saturated heterocycles. The zero-order valence-corrected chi connectivity index (χ0v) is 37.5. The molecular formula is C66H36N2O2. The van der Waals surface area contributed by atoms with Gasteiger partial charge in [-0.1, -0.05) is 140 Å². The average molecular weight is 889 g/mol. The molecule has 0 fully saturated rings. The van der Waals surface area contributed by atoms with Crippen molar-refractivity contribution < 1.29 is 8.83 Å². The van der Waals surface area contributed by atoms with Crippen LogP contribution in [0.25, 0.3) is 164 Å². The first-order valence-corrected chi connectivity index (χ1v) is 24.1. The van der Waals surface area contributed by atoms with E-state index in [0.29, 0.717) is 0 Å². The van der Waals surface area contributed by atoms with Crippen LogP contribution in [0.4, 0.5) is 0 Å². The lowest BCUT2D eigenvalue weighted by Crippen LogP contribution is -1.97. The van der Waals surface area contributed by atoms with Crippen LogP contribution in [0, 0.1) is 0 Å². The summed E-state index contributed by atoms with van der Waals surface area (Å²) in [4.78, 5) is 0. The van der Waals surface area contributed by atoms with Gasteiger partial charge in [0.05, 0.1) is 22.1 Å². The molecule has 0 atom stereocenters. The first-order chi connectivity index (χ1) is 34.7. The molecule has 4 heterocycles. The highest BCUT2D eigenvalue weighted by Gasteiger charge is 2.25. The van der Waals surface area contributed by atoms with E-state index < -0.39 is 0 Å². The summed E-state index contributed by atoms with van der Waals surface area (Å²) in [6.45, 7) is 0. The first kappa shape index (κ1) is 36.7. The number of hydrogen-bond donors (Lipinski definition) is 0. The topological polar surface area (TPSA) is 36.1 Å². The SMILES string of the molecule is c1ccc(-c2cc(-c3cccc(-n4c5cccc6c7ccccc7c7cccc8oc9ccc4c(c9c87)c65)c3)cc(-n3c4cccc5c6ccccc6c6cccc7oc8ccc3c(c8c76)c54)c2)cc1. The lowest BCUT2D eigenvalue weighted by Gasteiger charge is -2.15. The first-order valence-electron chi connectivity index (χ1n) is 24.1. The molecule has 0 unspecified atom stereocenters. The molecular weight excluding hydrogens is 853 g/mol. The lowest BCUT2D eigenvalue weighted by molar-refractivity contribution is 0.669. The number of hydrogen-bond acceptors (Lipinski definition) is 2. The fourth-order valence-corrected chi connectivity index (χ4v) is 12.8. The quantitative estimate of drug-likeness (QED) is 0.176. The van der Waals surface area contributed by atoms with E-state index in [9.17, 15) is 0 Å². The van der Waals surface area contributed by atoms with Gasteiger partial charge in [0.2, 0.25) is 0 Å². The van der Waals surface area contributed by atoms with Crippen molar-refractivity contribution in [1.82, 2.24) is 9.13 Å². The van der Waals surface area contributed by atoms with Crippen LogP contribution in [0.3, 0.4) is 0 Å². The van der Waals surface area contributed by atoms with E-state index in [0.717, 1.165) is 66.9 Å². The van der Waals surface area contributed by atoms with E-state index in [2.05, 4.69) is 228 Å². The van der Waals surface area contributed by atoms with E-state index in [1.165, 1.54) is 97.3 Å². The van der Waals surface area contributed by atoms with Crippen LogP contribution in [0.15, 0.2) is 227 Å². The second kappa shape index (κ2) is 13.2. The monoisotopic (exact) mass is 888 g/mol. The van der Waals surface area contributed by atoms with Crippen LogP contribution < -0.4 is 0 Å². The Morgan fingerprint density at radius 3 is 1.14 bits per heavy atom. The predicted molar refractivity (Wildman–Crippen MR) is 293 cm³/mol. The normalized spacial score (nSPS) is 12.6. The van der Waals surface area contributed by atoms with Crippen LogP contribution in [0.1, 0.15) is 0 Å². The van der Waals surface area contributed by atoms with Crippen LogP contribution in [-0.2, 0) is 0 Å². The zero-order valence-electron chi connectivity index (χ0n) is 37.5. The fraction of sp³-hybridized carbons (Fsp3) is 0. The maximum absolute atomic E-state index is 6.71. The van der Waals surface area contributed by atoms with Crippen molar-refractivity contribution in [3.63, 3.8) is 0 Å². The highest BCUT2D eigenvalue weighted by Crippen LogP contribution is 2.50. The van der Waals surface area contributed by atoms with Gasteiger partial charge in [0.15, 0.2) is 0 Å².